The second-order valence-corrected chi connectivity index (χ2v) is 6.17. The van der Waals surface area contributed by atoms with Gasteiger partial charge >= 0.3 is 0 Å². The van der Waals surface area contributed by atoms with Crippen LogP contribution in [0.15, 0.2) is 42.7 Å². The number of likely N-dealkylation sites (N-methyl/N-ethyl adjacent to an activating group) is 1. The highest BCUT2D eigenvalue weighted by molar-refractivity contribution is 6.04. The van der Waals surface area contributed by atoms with E-state index in [1.807, 2.05) is 43.5 Å². The average molecular weight is 324 g/mol. The van der Waals surface area contributed by atoms with Gasteiger partial charge in [-0.2, -0.15) is 0 Å². The van der Waals surface area contributed by atoms with Crippen LogP contribution in [0.5, 0.6) is 0 Å². The molecule has 0 unspecified atom stereocenters. The number of pyridine rings is 1. The van der Waals surface area contributed by atoms with E-state index in [1.54, 1.807) is 6.20 Å². The van der Waals surface area contributed by atoms with Crippen molar-refractivity contribution in [2.45, 2.75) is 13.8 Å². The van der Waals surface area contributed by atoms with Crippen LogP contribution >= 0.6 is 0 Å². The number of hydrogen-bond donors (Lipinski definition) is 1. The number of amides is 1. The van der Waals surface area contributed by atoms with E-state index < -0.39 is 0 Å². The first-order chi connectivity index (χ1) is 11.7. The zero-order valence-corrected chi connectivity index (χ0v) is 14.3. The molecule has 0 bridgehead atoms. The SMILES string of the molecule is CCN1CCN(c2cncc(C(=O)Nc3ccc(C)cc3)c2)CC1. The minimum absolute atomic E-state index is 0.125. The molecule has 3 rings (SSSR count). The summed E-state index contributed by atoms with van der Waals surface area (Å²) in [4.78, 5) is 21.4. The van der Waals surface area contributed by atoms with Gasteiger partial charge in [0, 0.05) is 38.1 Å². The fourth-order valence-corrected chi connectivity index (χ4v) is 2.89. The van der Waals surface area contributed by atoms with Crippen LogP contribution in [-0.2, 0) is 0 Å². The third-order valence-corrected chi connectivity index (χ3v) is 4.48. The number of nitrogens with one attached hydrogen (secondary N) is 1. The summed E-state index contributed by atoms with van der Waals surface area (Å²) in [6.07, 6.45) is 3.46. The normalized spacial score (nSPS) is 15.3. The first kappa shape index (κ1) is 16.5. The van der Waals surface area contributed by atoms with E-state index in [4.69, 9.17) is 0 Å². The highest BCUT2D eigenvalue weighted by atomic mass is 16.1. The van der Waals surface area contributed by atoms with Gasteiger partial charge in [-0.3, -0.25) is 9.78 Å². The van der Waals surface area contributed by atoms with Crippen molar-refractivity contribution in [1.29, 1.82) is 0 Å². The molecule has 126 valence electrons. The van der Waals surface area contributed by atoms with Crippen LogP contribution in [0.3, 0.4) is 0 Å². The van der Waals surface area contributed by atoms with Crippen LogP contribution < -0.4 is 10.2 Å². The summed E-state index contributed by atoms with van der Waals surface area (Å²) >= 11 is 0. The molecule has 5 heteroatoms. The van der Waals surface area contributed by atoms with E-state index in [0.717, 1.165) is 44.1 Å². The summed E-state index contributed by atoms with van der Waals surface area (Å²) in [5.41, 5.74) is 3.57. The molecule has 0 spiro atoms. The molecule has 1 aromatic carbocycles. The van der Waals surface area contributed by atoms with E-state index in [-0.39, 0.29) is 5.91 Å². The third kappa shape index (κ3) is 3.92. The summed E-state index contributed by atoms with van der Waals surface area (Å²) in [5.74, 6) is -0.125. The van der Waals surface area contributed by atoms with Gasteiger partial charge in [-0.25, -0.2) is 0 Å². The predicted molar refractivity (Wildman–Crippen MR) is 97.7 cm³/mol. The quantitative estimate of drug-likeness (QED) is 0.939. The Bertz CT molecular complexity index is 691. The first-order valence-electron chi connectivity index (χ1n) is 8.46. The van der Waals surface area contributed by atoms with Crippen molar-refractivity contribution in [3.8, 4) is 0 Å². The smallest absolute Gasteiger partial charge is 0.257 e. The Balaban J connectivity index is 1.68. The van der Waals surface area contributed by atoms with Gasteiger partial charge in [-0.15, -0.1) is 0 Å². The van der Waals surface area contributed by atoms with Crippen LogP contribution in [-0.4, -0.2) is 48.5 Å². The molecule has 5 nitrogen and oxygen atoms in total. The average Bonchev–Trinajstić information content (AvgIpc) is 2.64. The molecule has 1 fully saturated rings. The van der Waals surface area contributed by atoms with Gasteiger partial charge < -0.3 is 15.1 Å². The van der Waals surface area contributed by atoms with Crippen LogP contribution in [0.4, 0.5) is 11.4 Å². The number of carbonyl (C=O) groups excluding carboxylic acids is 1. The van der Waals surface area contributed by atoms with Crippen molar-refractivity contribution in [2.75, 3.05) is 42.9 Å². The Hall–Kier alpha value is -2.40. The maximum absolute atomic E-state index is 12.5. The minimum Gasteiger partial charge on any atom is -0.368 e. The Kier molecular flexibility index (Phi) is 5.11. The van der Waals surface area contributed by atoms with Crippen LogP contribution in [0.2, 0.25) is 0 Å². The summed E-state index contributed by atoms with van der Waals surface area (Å²) < 4.78 is 0. The van der Waals surface area contributed by atoms with E-state index >= 15 is 0 Å². The van der Waals surface area contributed by atoms with Crippen molar-refractivity contribution in [3.63, 3.8) is 0 Å². The summed E-state index contributed by atoms with van der Waals surface area (Å²) in [6.45, 7) is 9.35. The zero-order chi connectivity index (χ0) is 16.9. The number of rotatable bonds is 4. The van der Waals surface area contributed by atoms with Gasteiger partial charge in [-0.1, -0.05) is 24.6 Å². The van der Waals surface area contributed by atoms with Crippen molar-refractivity contribution in [2.24, 2.45) is 0 Å². The van der Waals surface area contributed by atoms with Crippen molar-refractivity contribution in [3.05, 3.63) is 53.9 Å². The van der Waals surface area contributed by atoms with Crippen LogP contribution in [0.1, 0.15) is 22.8 Å². The van der Waals surface area contributed by atoms with Crippen LogP contribution in [0.25, 0.3) is 0 Å². The molecule has 2 aromatic rings. The number of carbonyl (C=O) groups is 1. The molecular formula is C19H24N4O. The number of benzene rings is 1. The fraction of sp³-hybridized carbons (Fsp3) is 0.368. The Labute approximate surface area is 143 Å². The highest BCUT2D eigenvalue weighted by Gasteiger charge is 2.17. The fourth-order valence-electron chi connectivity index (χ4n) is 2.89. The van der Waals surface area contributed by atoms with E-state index in [1.165, 1.54) is 5.56 Å². The summed E-state index contributed by atoms with van der Waals surface area (Å²) in [7, 11) is 0. The molecule has 0 radical (unpaired) electrons. The molecule has 1 aliphatic heterocycles. The monoisotopic (exact) mass is 324 g/mol. The second kappa shape index (κ2) is 7.45. The number of hydrogen-bond acceptors (Lipinski definition) is 4. The molecule has 24 heavy (non-hydrogen) atoms. The predicted octanol–water partition coefficient (Wildman–Crippen LogP) is 2.78. The number of aromatic nitrogens is 1. The van der Waals surface area contributed by atoms with Gasteiger partial charge in [0.25, 0.3) is 5.91 Å². The maximum atomic E-state index is 12.5. The minimum atomic E-state index is -0.125. The number of piperazine rings is 1. The lowest BCUT2D eigenvalue weighted by atomic mass is 10.2. The number of anilines is 2. The lowest BCUT2D eigenvalue weighted by Crippen LogP contribution is -2.46. The van der Waals surface area contributed by atoms with Gasteiger partial charge in [-0.05, 0) is 31.7 Å². The molecule has 1 N–H and O–H groups in total. The number of aryl methyl sites for hydroxylation is 1. The standard InChI is InChI=1S/C19H24N4O/c1-3-22-8-10-23(11-9-22)18-12-16(13-20-14-18)19(24)21-17-6-4-15(2)5-7-17/h4-7,12-14H,3,8-11H2,1-2H3,(H,21,24). The summed E-state index contributed by atoms with van der Waals surface area (Å²) in [5, 5.41) is 2.93. The molecule has 0 atom stereocenters. The van der Waals surface area contributed by atoms with Crippen molar-refractivity contribution < 1.29 is 4.79 Å². The lowest BCUT2D eigenvalue weighted by Gasteiger charge is -2.35. The van der Waals surface area contributed by atoms with Crippen molar-refractivity contribution in [1.82, 2.24) is 9.88 Å². The molecule has 1 amide bonds. The lowest BCUT2D eigenvalue weighted by molar-refractivity contribution is 0.102. The molecule has 2 heterocycles. The first-order valence-corrected chi connectivity index (χ1v) is 8.46. The van der Waals surface area contributed by atoms with E-state index in [9.17, 15) is 4.79 Å². The van der Waals surface area contributed by atoms with E-state index in [2.05, 4.69) is 27.0 Å². The molecule has 1 saturated heterocycles. The largest absolute Gasteiger partial charge is 0.368 e. The Morgan fingerprint density at radius 1 is 1.12 bits per heavy atom. The van der Waals surface area contributed by atoms with Crippen LogP contribution in [0, 0.1) is 6.92 Å². The Morgan fingerprint density at radius 3 is 2.50 bits per heavy atom. The van der Waals surface area contributed by atoms with Gasteiger partial charge in [0.15, 0.2) is 0 Å². The zero-order valence-electron chi connectivity index (χ0n) is 14.3. The van der Waals surface area contributed by atoms with Gasteiger partial charge in [0.05, 0.1) is 17.4 Å². The molecule has 0 saturated carbocycles. The molecule has 1 aliphatic rings. The van der Waals surface area contributed by atoms with E-state index in [0.29, 0.717) is 5.56 Å². The topological polar surface area (TPSA) is 48.5 Å². The third-order valence-electron chi connectivity index (χ3n) is 4.48. The van der Waals surface area contributed by atoms with Crippen molar-refractivity contribution >= 4 is 17.3 Å². The summed E-state index contributed by atoms with van der Waals surface area (Å²) in [6, 6.07) is 9.72. The number of nitrogens with zero attached hydrogens (tertiary/aromatic N) is 3. The maximum Gasteiger partial charge on any atom is 0.257 e. The molecule has 1 aromatic heterocycles. The van der Waals surface area contributed by atoms with Gasteiger partial charge in [0.2, 0.25) is 0 Å². The molecular weight excluding hydrogens is 300 g/mol. The highest BCUT2D eigenvalue weighted by Crippen LogP contribution is 2.18. The Morgan fingerprint density at radius 2 is 1.83 bits per heavy atom. The van der Waals surface area contributed by atoms with Gasteiger partial charge in [0.1, 0.15) is 0 Å². The molecule has 0 aliphatic carbocycles. The second-order valence-electron chi connectivity index (χ2n) is 6.17.